The molecule has 0 aliphatic heterocycles. The molecule has 0 spiro atoms. The summed E-state index contributed by atoms with van der Waals surface area (Å²) in [5, 5.41) is 6.45. The lowest BCUT2D eigenvalue weighted by Gasteiger charge is -2.14. The number of rotatable bonds is 7. The molecule has 0 aliphatic rings. The summed E-state index contributed by atoms with van der Waals surface area (Å²) in [6.07, 6.45) is 2.07. The number of thioether (sulfide) groups is 1. The molecule has 0 aromatic carbocycles. The van der Waals surface area contributed by atoms with E-state index in [1.165, 1.54) is 0 Å². The van der Waals surface area contributed by atoms with Gasteiger partial charge in [-0.15, -0.1) is 24.0 Å². The SMILES string of the molecule is CSCCNC(=NCC(=O)N(C)C)NCC(C)C.I. The zero-order valence-corrected chi connectivity index (χ0v) is 15.7. The number of amides is 1. The number of nitrogens with zero attached hydrogens (tertiary/aromatic N) is 2. The van der Waals surface area contributed by atoms with E-state index in [9.17, 15) is 4.79 Å². The van der Waals surface area contributed by atoms with E-state index in [1.807, 2.05) is 0 Å². The van der Waals surface area contributed by atoms with Gasteiger partial charge < -0.3 is 15.5 Å². The maximum atomic E-state index is 11.5. The van der Waals surface area contributed by atoms with Crippen LogP contribution in [0.2, 0.25) is 0 Å². The molecule has 2 N–H and O–H groups in total. The molecule has 0 bridgehead atoms. The van der Waals surface area contributed by atoms with Crippen LogP contribution >= 0.6 is 35.7 Å². The molecule has 0 aromatic heterocycles. The van der Waals surface area contributed by atoms with Gasteiger partial charge in [-0.3, -0.25) is 4.79 Å². The Morgan fingerprint density at radius 3 is 2.42 bits per heavy atom. The summed E-state index contributed by atoms with van der Waals surface area (Å²) in [5.74, 6) is 2.28. The Kier molecular flexibility index (Phi) is 14.3. The fraction of sp³-hybridized carbons (Fsp3) is 0.833. The Balaban J connectivity index is 0. The molecule has 0 unspecified atom stereocenters. The number of guanidine groups is 1. The van der Waals surface area contributed by atoms with E-state index in [1.54, 1.807) is 30.8 Å². The second-order valence-corrected chi connectivity index (χ2v) is 5.63. The van der Waals surface area contributed by atoms with Crippen molar-refractivity contribution in [3.8, 4) is 0 Å². The molecular weight excluding hydrogens is 375 g/mol. The van der Waals surface area contributed by atoms with Gasteiger partial charge in [-0.2, -0.15) is 11.8 Å². The summed E-state index contributed by atoms with van der Waals surface area (Å²) in [5.41, 5.74) is 0. The van der Waals surface area contributed by atoms with E-state index in [-0.39, 0.29) is 36.4 Å². The number of carbonyl (C=O) groups excluding carboxylic acids is 1. The quantitative estimate of drug-likeness (QED) is 0.291. The van der Waals surface area contributed by atoms with Crippen LogP contribution in [0, 0.1) is 5.92 Å². The summed E-state index contributed by atoms with van der Waals surface area (Å²) >= 11 is 1.78. The normalized spacial score (nSPS) is 10.9. The predicted octanol–water partition coefficient (Wildman–Crippen LogP) is 1.25. The van der Waals surface area contributed by atoms with Crippen LogP contribution in [-0.4, -0.2) is 62.5 Å². The molecule has 0 fully saturated rings. The zero-order valence-electron chi connectivity index (χ0n) is 12.5. The second-order valence-electron chi connectivity index (χ2n) is 4.65. The Morgan fingerprint density at radius 1 is 1.32 bits per heavy atom. The molecule has 0 radical (unpaired) electrons. The van der Waals surface area contributed by atoms with Gasteiger partial charge in [0.05, 0.1) is 0 Å². The Hall–Kier alpha value is -0.180. The number of hydrogen-bond acceptors (Lipinski definition) is 3. The lowest BCUT2D eigenvalue weighted by Crippen LogP contribution is -2.41. The van der Waals surface area contributed by atoms with Gasteiger partial charge >= 0.3 is 0 Å². The van der Waals surface area contributed by atoms with E-state index in [4.69, 9.17) is 0 Å². The van der Waals surface area contributed by atoms with Crippen molar-refractivity contribution in [1.82, 2.24) is 15.5 Å². The number of halogens is 1. The minimum absolute atomic E-state index is 0. The Bertz CT molecular complexity index is 272. The smallest absolute Gasteiger partial charge is 0.243 e. The summed E-state index contributed by atoms with van der Waals surface area (Å²) < 4.78 is 0. The van der Waals surface area contributed by atoms with Crippen LogP contribution in [0.4, 0.5) is 0 Å². The van der Waals surface area contributed by atoms with Crippen LogP contribution in [0.5, 0.6) is 0 Å². The fourth-order valence-corrected chi connectivity index (χ4v) is 1.34. The number of nitrogens with one attached hydrogen (secondary N) is 2. The van der Waals surface area contributed by atoms with Gasteiger partial charge in [-0.25, -0.2) is 4.99 Å². The van der Waals surface area contributed by atoms with E-state index in [0.29, 0.717) is 11.9 Å². The third-order valence-corrected chi connectivity index (χ3v) is 2.76. The molecule has 0 heterocycles. The van der Waals surface area contributed by atoms with Gasteiger partial charge in [-0.05, 0) is 12.2 Å². The molecule has 5 nitrogen and oxygen atoms in total. The number of carbonyl (C=O) groups is 1. The minimum Gasteiger partial charge on any atom is -0.356 e. The van der Waals surface area contributed by atoms with Gasteiger partial charge in [0, 0.05) is 32.9 Å². The van der Waals surface area contributed by atoms with Crippen molar-refractivity contribution in [3.05, 3.63) is 0 Å². The van der Waals surface area contributed by atoms with Crippen LogP contribution in [0.15, 0.2) is 4.99 Å². The maximum Gasteiger partial charge on any atom is 0.243 e. The summed E-state index contributed by atoms with van der Waals surface area (Å²) in [7, 11) is 3.47. The standard InChI is InChI=1S/C12H26N4OS.HI/c1-10(2)8-14-12(13-6-7-18-5)15-9-11(17)16(3)4;/h10H,6-9H2,1-5H3,(H2,13,14,15);1H. The lowest BCUT2D eigenvalue weighted by atomic mass is 10.2. The first-order valence-electron chi connectivity index (χ1n) is 6.18. The monoisotopic (exact) mass is 402 g/mol. The highest BCUT2D eigenvalue weighted by Gasteiger charge is 2.04. The van der Waals surface area contributed by atoms with Crippen LogP contribution in [-0.2, 0) is 4.79 Å². The number of aliphatic imine (C=N–C) groups is 1. The van der Waals surface area contributed by atoms with E-state index in [2.05, 4.69) is 35.7 Å². The Labute approximate surface area is 138 Å². The second kappa shape index (κ2) is 12.8. The van der Waals surface area contributed by atoms with Crippen molar-refractivity contribution in [2.24, 2.45) is 10.9 Å². The first-order valence-corrected chi connectivity index (χ1v) is 7.58. The fourth-order valence-electron chi connectivity index (χ4n) is 1.03. The molecule has 0 rings (SSSR count). The van der Waals surface area contributed by atoms with Crippen molar-refractivity contribution in [1.29, 1.82) is 0 Å². The first kappa shape index (κ1) is 21.1. The van der Waals surface area contributed by atoms with Crippen molar-refractivity contribution >= 4 is 47.6 Å². The average Bonchev–Trinajstić information content (AvgIpc) is 2.31. The molecule has 0 aromatic rings. The van der Waals surface area contributed by atoms with Crippen LogP contribution < -0.4 is 10.6 Å². The van der Waals surface area contributed by atoms with Gasteiger partial charge in [0.15, 0.2) is 5.96 Å². The highest BCUT2D eigenvalue weighted by Crippen LogP contribution is 1.90. The molecule has 114 valence electrons. The van der Waals surface area contributed by atoms with Crippen LogP contribution in [0.25, 0.3) is 0 Å². The third-order valence-electron chi connectivity index (χ3n) is 2.15. The average molecular weight is 402 g/mol. The topological polar surface area (TPSA) is 56.7 Å². The summed E-state index contributed by atoms with van der Waals surface area (Å²) in [6.45, 7) is 6.15. The minimum atomic E-state index is 0. The number of likely N-dealkylation sites (N-methyl/N-ethyl adjacent to an activating group) is 1. The molecule has 0 saturated heterocycles. The zero-order chi connectivity index (χ0) is 14.0. The van der Waals surface area contributed by atoms with Crippen LogP contribution in [0.3, 0.4) is 0 Å². The van der Waals surface area contributed by atoms with E-state index in [0.717, 1.165) is 18.8 Å². The first-order chi connectivity index (χ1) is 8.47. The number of hydrogen-bond donors (Lipinski definition) is 2. The molecule has 0 saturated carbocycles. The van der Waals surface area contributed by atoms with Crippen molar-refractivity contribution in [2.75, 3.05) is 45.7 Å². The van der Waals surface area contributed by atoms with Gasteiger partial charge in [0.2, 0.25) is 5.91 Å². The lowest BCUT2D eigenvalue weighted by molar-refractivity contribution is -0.127. The molecule has 0 aliphatic carbocycles. The van der Waals surface area contributed by atoms with Crippen molar-refractivity contribution in [2.45, 2.75) is 13.8 Å². The van der Waals surface area contributed by atoms with Crippen molar-refractivity contribution < 1.29 is 4.79 Å². The molecule has 0 atom stereocenters. The highest BCUT2D eigenvalue weighted by molar-refractivity contribution is 14.0. The predicted molar refractivity (Wildman–Crippen MR) is 95.6 cm³/mol. The van der Waals surface area contributed by atoms with Crippen LogP contribution in [0.1, 0.15) is 13.8 Å². The molecular formula is C12H27IN4OS. The van der Waals surface area contributed by atoms with E-state index >= 15 is 0 Å². The maximum absolute atomic E-state index is 11.5. The largest absolute Gasteiger partial charge is 0.356 e. The van der Waals surface area contributed by atoms with Gasteiger partial charge in [0.25, 0.3) is 0 Å². The van der Waals surface area contributed by atoms with Gasteiger partial charge in [0.1, 0.15) is 6.54 Å². The highest BCUT2D eigenvalue weighted by atomic mass is 127. The van der Waals surface area contributed by atoms with E-state index < -0.39 is 0 Å². The summed E-state index contributed by atoms with van der Waals surface area (Å²) in [6, 6.07) is 0. The Morgan fingerprint density at radius 2 is 1.95 bits per heavy atom. The molecule has 1 amide bonds. The van der Waals surface area contributed by atoms with Gasteiger partial charge in [-0.1, -0.05) is 13.8 Å². The summed E-state index contributed by atoms with van der Waals surface area (Å²) in [4.78, 5) is 17.3. The molecule has 19 heavy (non-hydrogen) atoms. The molecule has 7 heteroatoms. The van der Waals surface area contributed by atoms with Crippen molar-refractivity contribution in [3.63, 3.8) is 0 Å². The third kappa shape index (κ3) is 12.6.